The van der Waals surface area contributed by atoms with Crippen LogP contribution >= 0.6 is 24.0 Å². The van der Waals surface area contributed by atoms with Crippen LogP contribution in [0.15, 0.2) is 47.6 Å². The lowest BCUT2D eigenvalue weighted by Crippen LogP contribution is -2.44. The Balaban J connectivity index is 0.00000280. The standard InChI is InChI=1S/C21H28FN5.HI/c1-3-23-21(25-13-10-17-8-5-4-7-16(17)2)26-18-11-14-27(15-18)20-19(22)9-6-12-24-20;/h4-9,12,18H,3,10-11,13-15H2,1-2H3,(H2,23,25,26);1H. The number of pyridine rings is 1. The maximum atomic E-state index is 14.0. The third-order valence-corrected chi connectivity index (χ3v) is 4.82. The van der Waals surface area contributed by atoms with E-state index in [9.17, 15) is 4.39 Å². The zero-order valence-electron chi connectivity index (χ0n) is 16.5. The summed E-state index contributed by atoms with van der Waals surface area (Å²) in [5.41, 5.74) is 2.63. The number of hydrogen-bond donors (Lipinski definition) is 2. The second-order valence-electron chi connectivity index (χ2n) is 6.82. The molecule has 0 radical (unpaired) electrons. The van der Waals surface area contributed by atoms with Gasteiger partial charge in [0.25, 0.3) is 0 Å². The number of anilines is 1. The van der Waals surface area contributed by atoms with Crippen molar-refractivity contribution < 1.29 is 4.39 Å². The highest BCUT2D eigenvalue weighted by atomic mass is 127. The number of nitrogens with zero attached hydrogens (tertiary/aromatic N) is 3. The van der Waals surface area contributed by atoms with Gasteiger partial charge in [-0.25, -0.2) is 9.37 Å². The SMILES string of the molecule is CCNC(=NCCc1ccccc1C)NC1CCN(c2ncccc2F)C1.I. The summed E-state index contributed by atoms with van der Waals surface area (Å²) in [4.78, 5) is 10.9. The Morgan fingerprint density at radius 2 is 2.11 bits per heavy atom. The first-order valence-electron chi connectivity index (χ1n) is 9.62. The average Bonchev–Trinajstić information content (AvgIpc) is 3.12. The van der Waals surface area contributed by atoms with Crippen LogP contribution in [0.3, 0.4) is 0 Å². The van der Waals surface area contributed by atoms with Crippen molar-refractivity contribution in [3.8, 4) is 0 Å². The predicted molar refractivity (Wildman–Crippen MR) is 124 cm³/mol. The number of benzene rings is 1. The summed E-state index contributed by atoms with van der Waals surface area (Å²) < 4.78 is 14.0. The molecule has 0 aliphatic carbocycles. The molecule has 0 amide bonds. The Bertz CT molecular complexity index is 783. The second-order valence-corrected chi connectivity index (χ2v) is 6.82. The van der Waals surface area contributed by atoms with E-state index in [0.29, 0.717) is 5.82 Å². The molecule has 3 rings (SSSR count). The first kappa shape index (κ1) is 22.4. The molecule has 0 spiro atoms. The molecule has 0 saturated carbocycles. The molecule has 1 unspecified atom stereocenters. The van der Waals surface area contributed by atoms with Crippen LogP contribution in [-0.4, -0.2) is 43.2 Å². The van der Waals surface area contributed by atoms with Gasteiger partial charge in [-0.1, -0.05) is 24.3 Å². The predicted octanol–water partition coefficient (Wildman–Crippen LogP) is 3.52. The number of aromatic nitrogens is 1. The Hall–Kier alpha value is -1.90. The van der Waals surface area contributed by atoms with Crippen LogP contribution in [0.2, 0.25) is 0 Å². The lowest BCUT2D eigenvalue weighted by Gasteiger charge is -2.20. The summed E-state index contributed by atoms with van der Waals surface area (Å²) in [7, 11) is 0. The van der Waals surface area contributed by atoms with Crippen LogP contribution in [0.1, 0.15) is 24.5 Å². The van der Waals surface area contributed by atoms with Gasteiger partial charge in [0.05, 0.1) is 0 Å². The molecule has 2 heterocycles. The maximum Gasteiger partial charge on any atom is 0.191 e. The minimum Gasteiger partial charge on any atom is -0.357 e. The van der Waals surface area contributed by atoms with E-state index in [1.54, 1.807) is 12.3 Å². The van der Waals surface area contributed by atoms with Gasteiger partial charge in [-0.2, -0.15) is 0 Å². The van der Waals surface area contributed by atoms with E-state index in [2.05, 4.69) is 53.7 Å². The molecular weight excluding hydrogens is 468 g/mol. The maximum absolute atomic E-state index is 14.0. The van der Waals surface area contributed by atoms with Crippen LogP contribution < -0.4 is 15.5 Å². The molecule has 1 aromatic heterocycles. The van der Waals surface area contributed by atoms with Crippen LogP contribution in [0.25, 0.3) is 0 Å². The fraction of sp³-hybridized carbons (Fsp3) is 0.429. The Labute approximate surface area is 183 Å². The van der Waals surface area contributed by atoms with Crippen molar-refractivity contribution in [3.63, 3.8) is 0 Å². The van der Waals surface area contributed by atoms with Gasteiger partial charge in [0, 0.05) is 38.4 Å². The molecule has 1 fully saturated rings. The molecule has 1 atom stereocenters. The molecule has 1 aliphatic rings. The smallest absolute Gasteiger partial charge is 0.191 e. The third kappa shape index (κ3) is 6.05. The lowest BCUT2D eigenvalue weighted by molar-refractivity contribution is 0.612. The molecule has 0 bridgehead atoms. The minimum atomic E-state index is -0.267. The van der Waals surface area contributed by atoms with Crippen molar-refractivity contribution >= 4 is 35.8 Å². The van der Waals surface area contributed by atoms with Gasteiger partial charge in [-0.15, -0.1) is 24.0 Å². The fourth-order valence-electron chi connectivity index (χ4n) is 3.37. The Morgan fingerprint density at radius 3 is 2.86 bits per heavy atom. The van der Waals surface area contributed by atoms with E-state index >= 15 is 0 Å². The summed E-state index contributed by atoms with van der Waals surface area (Å²) in [6.45, 7) is 7.23. The van der Waals surface area contributed by atoms with Gasteiger partial charge in [0.2, 0.25) is 0 Å². The third-order valence-electron chi connectivity index (χ3n) is 4.82. The van der Waals surface area contributed by atoms with Gasteiger partial charge < -0.3 is 15.5 Å². The highest BCUT2D eigenvalue weighted by molar-refractivity contribution is 14.0. The van der Waals surface area contributed by atoms with E-state index in [1.165, 1.54) is 17.2 Å². The number of rotatable bonds is 6. The van der Waals surface area contributed by atoms with E-state index in [1.807, 2.05) is 4.90 Å². The summed E-state index contributed by atoms with van der Waals surface area (Å²) in [6, 6.07) is 11.7. The summed E-state index contributed by atoms with van der Waals surface area (Å²) >= 11 is 0. The number of aryl methyl sites for hydroxylation is 1. The molecule has 152 valence electrons. The molecule has 2 aromatic rings. The second kappa shape index (κ2) is 11.2. The van der Waals surface area contributed by atoms with Crippen molar-refractivity contribution in [1.82, 2.24) is 15.6 Å². The van der Waals surface area contributed by atoms with Crippen LogP contribution in [0.4, 0.5) is 10.2 Å². The molecule has 28 heavy (non-hydrogen) atoms. The molecule has 7 heteroatoms. The quantitative estimate of drug-likeness (QED) is 0.365. The number of hydrogen-bond acceptors (Lipinski definition) is 3. The Kier molecular flexibility index (Phi) is 8.95. The van der Waals surface area contributed by atoms with Crippen molar-refractivity contribution in [2.45, 2.75) is 32.7 Å². The summed E-state index contributed by atoms with van der Waals surface area (Å²) in [5.74, 6) is 0.986. The Morgan fingerprint density at radius 1 is 1.29 bits per heavy atom. The van der Waals surface area contributed by atoms with Crippen LogP contribution in [-0.2, 0) is 6.42 Å². The van der Waals surface area contributed by atoms with Gasteiger partial charge in [-0.05, 0) is 49.9 Å². The summed E-state index contributed by atoms with van der Waals surface area (Å²) in [5, 5.41) is 6.79. The van der Waals surface area contributed by atoms with Gasteiger partial charge >= 0.3 is 0 Å². The highest BCUT2D eigenvalue weighted by Crippen LogP contribution is 2.20. The van der Waals surface area contributed by atoms with Gasteiger partial charge in [-0.3, -0.25) is 4.99 Å². The van der Waals surface area contributed by atoms with Crippen LogP contribution in [0, 0.1) is 12.7 Å². The van der Waals surface area contributed by atoms with E-state index in [-0.39, 0.29) is 35.8 Å². The zero-order valence-corrected chi connectivity index (χ0v) is 18.8. The number of aliphatic imine (C=N–C) groups is 1. The minimum absolute atomic E-state index is 0. The fourth-order valence-corrected chi connectivity index (χ4v) is 3.37. The molecule has 1 saturated heterocycles. The van der Waals surface area contributed by atoms with Crippen molar-refractivity contribution in [2.75, 3.05) is 31.1 Å². The first-order valence-corrected chi connectivity index (χ1v) is 9.62. The normalized spacial score (nSPS) is 16.6. The number of guanidine groups is 1. The lowest BCUT2D eigenvalue weighted by atomic mass is 10.1. The topological polar surface area (TPSA) is 52.6 Å². The molecule has 1 aromatic carbocycles. The van der Waals surface area contributed by atoms with Crippen molar-refractivity contribution in [2.24, 2.45) is 4.99 Å². The number of halogens is 2. The largest absolute Gasteiger partial charge is 0.357 e. The van der Waals surface area contributed by atoms with E-state index in [0.717, 1.165) is 45.0 Å². The average molecular weight is 497 g/mol. The number of nitrogens with one attached hydrogen (secondary N) is 2. The van der Waals surface area contributed by atoms with Gasteiger partial charge in [0.15, 0.2) is 17.6 Å². The first-order chi connectivity index (χ1) is 13.2. The highest BCUT2D eigenvalue weighted by Gasteiger charge is 2.25. The molecular formula is C21H29FIN5. The van der Waals surface area contributed by atoms with Crippen molar-refractivity contribution in [1.29, 1.82) is 0 Å². The van der Waals surface area contributed by atoms with E-state index in [4.69, 9.17) is 4.99 Å². The van der Waals surface area contributed by atoms with Gasteiger partial charge in [0.1, 0.15) is 0 Å². The monoisotopic (exact) mass is 497 g/mol. The van der Waals surface area contributed by atoms with E-state index < -0.39 is 0 Å². The van der Waals surface area contributed by atoms with Crippen molar-refractivity contribution in [3.05, 3.63) is 59.5 Å². The molecule has 2 N–H and O–H groups in total. The molecule has 5 nitrogen and oxygen atoms in total. The molecule has 1 aliphatic heterocycles. The van der Waals surface area contributed by atoms with Crippen LogP contribution in [0.5, 0.6) is 0 Å². The summed E-state index contributed by atoms with van der Waals surface area (Å²) in [6.07, 6.45) is 3.48. The zero-order chi connectivity index (χ0) is 19.1.